The molecule has 1 aromatic carbocycles. The van der Waals surface area contributed by atoms with Crippen LogP contribution in [0.25, 0.3) is 0 Å². The third kappa shape index (κ3) is 3.31. The minimum atomic E-state index is -0.520. The van der Waals surface area contributed by atoms with Gasteiger partial charge in [-0.25, -0.2) is 4.39 Å². The van der Waals surface area contributed by atoms with Crippen LogP contribution >= 0.6 is 0 Å². The highest BCUT2D eigenvalue weighted by Gasteiger charge is 2.43. The molecule has 1 atom stereocenters. The number of halogens is 1. The van der Waals surface area contributed by atoms with Crippen LogP contribution in [0.1, 0.15) is 30.9 Å². The van der Waals surface area contributed by atoms with Gasteiger partial charge in [-0.3, -0.25) is 4.79 Å². The summed E-state index contributed by atoms with van der Waals surface area (Å²) in [5.74, 6) is -1.11. The number of hydrogen-bond donors (Lipinski definition) is 1. The standard InChI is InChI=1S/C18H24FNO4/c1-2-23-17(22)14(11-21)10-20-7-5-18(6-8-20)16-9-15(19)4-3-13(16)12-24-18/h3-4,9,14,21H,2,5-8,10-12H2,1H3. The Bertz CT molecular complexity index is 599. The largest absolute Gasteiger partial charge is 0.466 e. The second-order valence-corrected chi connectivity index (χ2v) is 6.52. The first kappa shape index (κ1) is 17.3. The van der Waals surface area contributed by atoms with Crippen LogP contribution in [0.5, 0.6) is 0 Å². The van der Waals surface area contributed by atoms with E-state index in [0.29, 0.717) is 19.8 Å². The van der Waals surface area contributed by atoms with Crippen LogP contribution in [0.2, 0.25) is 0 Å². The molecular weight excluding hydrogens is 313 g/mol. The fraction of sp³-hybridized carbons (Fsp3) is 0.611. The first-order chi connectivity index (χ1) is 11.6. The minimum Gasteiger partial charge on any atom is -0.466 e. The molecule has 2 aliphatic rings. The molecule has 0 amide bonds. The van der Waals surface area contributed by atoms with Crippen LogP contribution in [0.15, 0.2) is 18.2 Å². The van der Waals surface area contributed by atoms with Gasteiger partial charge in [-0.1, -0.05) is 6.07 Å². The molecule has 2 aliphatic heterocycles. The number of aliphatic hydroxyl groups excluding tert-OH is 1. The van der Waals surface area contributed by atoms with Crippen LogP contribution in [-0.4, -0.2) is 48.8 Å². The molecule has 1 fully saturated rings. The van der Waals surface area contributed by atoms with Crippen molar-refractivity contribution >= 4 is 5.97 Å². The molecule has 132 valence electrons. The van der Waals surface area contributed by atoms with Gasteiger partial charge in [0, 0.05) is 19.6 Å². The highest BCUT2D eigenvalue weighted by molar-refractivity contribution is 5.72. The zero-order valence-electron chi connectivity index (χ0n) is 14.0. The van der Waals surface area contributed by atoms with E-state index < -0.39 is 11.5 Å². The number of carbonyl (C=O) groups is 1. The Morgan fingerprint density at radius 2 is 2.21 bits per heavy atom. The molecule has 0 radical (unpaired) electrons. The maximum Gasteiger partial charge on any atom is 0.312 e. The van der Waals surface area contributed by atoms with E-state index in [2.05, 4.69) is 4.90 Å². The summed E-state index contributed by atoms with van der Waals surface area (Å²) in [5, 5.41) is 9.43. The van der Waals surface area contributed by atoms with Crippen LogP contribution < -0.4 is 0 Å². The molecule has 0 aliphatic carbocycles. The maximum absolute atomic E-state index is 13.6. The third-order valence-electron chi connectivity index (χ3n) is 5.05. The number of carbonyl (C=O) groups excluding carboxylic acids is 1. The molecule has 1 spiro atoms. The number of nitrogens with zero attached hydrogens (tertiary/aromatic N) is 1. The molecular formula is C18H24FNO4. The molecule has 2 heterocycles. The summed E-state index contributed by atoms with van der Waals surface area (Å²) in [6, 6.07) is 4.86. The Labute approximate surface area is 141 Å². The van der Waals surface area contributed by atoms with Gasteiger partial charge in [-0.15, -0.1) is 0 Å². The number of aliphatic hydroxyl groups is 1. The molecule has 0 aromatic heterocycles. The lowest BCUT2D eigenvalue weighted by Crippen LogP contribution is -2.45. The first-order valence-corrected chi connectivity index (χ1v) is 8.50. The fourth-order valence-electron chi connectivity index (χ4n) is 3.68. The summed E-state index contributed by atoms with van der Waals surface area (Å²) < 4.78 is 24.6. The van der Waals surface area contributed by atoms with Crippen molar-refractivity contribution in [1.82, 2.24) is 4.90 Å². The molecule has 24 heavy (non-hydrogen) atoms. The quantitative estimate of drug-likeness (QED) is 0.831. The highest BCUT2D eigenvalue weighted by Crippen LogP contribution is 2.44. The van der Waals surface area contributed by atoms with Crippen molar-refractivity contribution in [2.75, 3.05) is 32.8 Å². The number of fused-ring (bicyclic) bond motifs is 2. The average Bonchev–Trinajstić information content (AvgIpc) is 2.92. The van der Waals surface area contributed by atoms with Gasteiger partial charge in [0.1, 0.15) is 5.82 Å². The second kappa shape index (κ2) is 7.17. The molecule has 0 saturated carbocycles. The molecule has 1 N–H and O–H groups in total. The Balaban J connectivity index is 1.63. The number of ether oxygens (including phenoxy) is 2. The number of esters is 1. The summed E-state index contributed by atoms with van der Waals surface area (Å²) in [6.07, 6.45) is 1.51. The molecule has 5 nitrogen and oxygen atoms in total. The SMILES string of the molecule is CCOC(=O)C(CO)CN1CCC2(CC1)OCc1ccc(F)cc12. The summed E-state index contributed by atoms with van der Waals surface area (Å²) in [7, 11) is 0. The van der Waals surface area contributed by atoms with Gasteiger partial charge >= 0.3 is 5.97 Å². The van der Waals surface area contributed by atoms with Crippen molar-refractivity contribution in [2.24, 2.45) is 5.92 Å². The summed E-state index contributed by atoms with van der Waals surface area (Å²) in [5.41, 5.74) is 1.61. The van der Waals surface area contributed by atoms with E-state index in [1.165, 1.54) is 6.07 Å². The van der Waals surface area contributed by atoms with Crippen molar-refractivity contribution in [1.29, 1.82) is 0 Å². The van der Waals surface area contributed by atoms with E-state index in [-0.39, 0.29) is 18.4 Å². The number of rotatable bonds is 5. The summed E-state index contributed by atoms with van der Waals surface area (Å²) in [4.78, 5) is 14.0. The highest BCUT2D eigenvalue weighted by atomic mass is 19.1. The lowest BCUT2D eigenvalue weighted by atomic mass is 9.83. The number of hydrogen-bond acceptors (Lipinski definition) is 5. The number of likely N-dealkylation sites (tertiary alicyclic amines) is 1. The fourth-order valence-corrected chi connectivity index (χ4v) is 3.68. The van der Waals surface area contributed by atoms with Crippen LogP contribution in [0.4, 0.5) is 4.39 Å². The van der Waals surface area contributed by atoms with Crippen LogP contribution in [-0.2, 0) is 26.5 Å². The lowest BCUT2D eigenvalue weighted by molar-refractivity contribution is -0.150. The predicted octanol–water partition coefficient (Wildman–Crippen LogP) is 1.82. The van der Waals surface area contributed by atoms with Crippen LogP contribution in [0.3, 0.4) is 0 Å². The minimum absolute atomic E-state index is 0.217. The molecule has 3 rings (SSSR count). The third-order valence-corrected chi connectivity index (χ3v) is 5.05. The van der Waals surface area contributed by atoms with Crippen molar-refractivity contribution in [2.45, 2.75) is 32.0 Å². The van der Waals surface area contributed by atoms with E-state index in [9.17, 15) is 14.3 Å². The van der Waals surface area contributed by atoms with Gasteiger partial charge in [-0.2, -0.15) is 0 Å². The maximum atomic E-state index is 13.6. The van der Waals surface area contributed by atoms with E-state index in [1.54, 1.807) is 19.1 Å². The smallest absolute Gasteiger partial charge is 0.312 e. The van der Waals surface area contributed by atoms with Gasteiger partial charge in [0.2, 0.25) is 0 Å². The average molecular weight is 337 g/mol. The van der Waals surface area contributed by atoms with E-state index >= 15 is 0 Å². The van der Waals surface area contributed by atoms with Crippen molar-refractivity contribution in [3.05, 3.63) is 35.1 Å². The molecule has 0 bridgehead atoms. The van der Waals surface area contributed by atoms with Crippen molar-refractivity contribution in [3.8, 4) is 0 Å². The van der Waals surface area contributed by atoms with Gasteiger partial charge in [-0.05, 0) is 43.0 Å². The van der Waals surface area contributed by atoms with Gasteiger partial charge in [0.25, 0.3) is 0 Å². The lowest BCUT2D eigenvalue weighted by Gasteiger charge is -2.40. The summed E-state index contributed by atoms with van der Waals surface area (Å²) in [6.45, 7) is 4.33. The Kier molecular flexibility index (Phi) is 5.18. The predicted molar refractivity (Wildman–Crippen MR) is 85.7 cm³/mol. The van der Waals surface area contributed by atoms with Crippen LogP contribution in [0, 0.1) is 11.7 Å². The van der Waals surface area contributed by atoms with E-state index in [0.717, 1.165) is 37.1 Å². The van der Waals surface area contributed by atoms with Gasteiger partial charge < -0.3 is 19.5 Å². The molecule has 1 saturated heterocycles. The Morgan fingerprint density at radius 1 is 1.46 bits per heavy atom. The van der Waals surface area contributed by atoms with Gasteiger partial charge in [0.15, 0.2) is 0 Å². The monoisotopic (exact) mass is 337 g/mol. The first-order valence-electron chi connectivity index (χ1n) is 8.50. The zero-order chi connectivity index (χ0) is 17.2. The molecule has 1 aromatic rings. The van der Waals surface area contributed by atoms with Gasteiger partial charge in [0.05, 0.1) is 31.3 Å². The Hall–Kier alpha value is -1.50. The molecule has 6 heteroatoms. The van der Waals surface area contributed by atoms with Crippen molar-refractivity contribution < 1.29 is 23.8 Å². The van der Waals surface area contributed by atoms with E-state index in [1.807, 2.05) is 0 Å². The normalized spacial score (nSPS) is 20.8. The zero-order valence-corrected chi connectivity index (χ0v) is 14.0. The Morgan fingerprint density at radius 3 is 2.88 bits per heavy atom. The number of piperidine rings is 1. The van der Waals surface area contributed by atoms with E-state index in [4.69, 9.17) is 9.47 Å². The summed E-state index contributed by atoms with van der Waals surface area (Å²) >= 11 is 0. The van der Waals surface area contributed by atoms with Crippen molar-refractivity contribution in [3.63, 3.8) is 0 Å². The topological polar surface area (TPSA) is 59.0 Å². The number of benzene rings is 1. The molecule has 1 unspecified atom stereocenters. The second-order valence-electron chi connectivity index (χ2n) is 6.52.